The van der Waals surface area contributed by atoms with Crippen molar-refractivity contribution in [1.29, 1.82) is 0 Å². The molecule has 1 N–H and O–H groups in total. The van der Waals surface area contributed by atoms with Gasteiger partial charge in [-0.25, -0.2) is 4.79 Å². The number of likely N-dealkylation sites (tertiary alicyclic amines) is 1. The summed E-state index contributed by atoms with van der Waals surface area (Å²) in [7, 11) is 1.75. The van der Waals surface area contributed by atoms with Crippen molar-refractivity contribution in [1.82, 2.24) is 9.80 Å². The van der Waals surface area contributed by atoms with Crippen molar-refractivity contribution >= 4 is 33.6 Å². The quantitative estimate of drug-likeness (QED) is 0.723. The van der Waals surface area contributed by atoms with E-state index >= 15 is 0 Å². The molecule has 2 aromatic carbocycles. The van der Waals surface area contributed by atoms with Gasteiger partial charge in [0, 0.05) is 42.4 Å². The van der Waals surface area contributed by atoms with Crippen LogP contribution in [0.1, 0.15) is 35.7 Å². The third-order valence-corrected chi connectivity index (χ3v) is 5.94. The maximum atomic E-state index is 12.6. The lowest BCUT2D eigenvalue weighted by atomic mass is 9.98. The van der Waals surface area contributed by atoms with Gasteiger partial charge in [-0.1, -0.05) is 41.1 Å². The molecule has 0 bridgehead atoms. The lowest BCUT2D eigenvalue weighted by Gasteiger charge is -2.30. The van der Waals surface area contributed by atoms with Crippen molar-refractivity contribution in [3.63, 3.8) is 0 Å². The Hall–Kier alpha value is -2.34. The Morgan fingerprint density at radius 3 is 2.39 bits per heavy atom. The first kappa shape index (κ1) is 20.4. The summed E-state index contributed by atoms with van der Waals surface area (Å²) in [5, 5.41) is 2.88. The fraction of sp³-hybridized carbons (Fsp3) is 0.364. The van der Waals surface area contributed by atoms with Gasteiger partial charge in [0.25, 0.3) is 5.91 Å². The van der Waals surface area contributed by atoms with E-state index in [-0.39, 0.29) is 11.9 Å². The highest BCUT2D eigenvalue weighted by Gasteiger charge is 2.21. The van der Waals surface area contributed by atoms with Crippen LogP contribution in [0.15, 0.2) is 53.0 Å². The summed E-state index contributed by atoms with van der Waals surface area (Å²) in [6, 6.07) is 14.8. The molecule has 1 heterocycles. The molecule has 148 valence electrons. The minimum absolute atomic E-state index is 0.0656. The molecule has 0 aromatic heterocycles. The molecule has 0 spiro atoms. The van der Waals surface area contributed by atoms with Crippen LogP contribution in [0.5, 0.6) is 0 Å². The van der Waals surface area contributed by atoms with E-state index in [1.165, 1.54) is 0 Å². The van der Waals surface area contributed by atoms with Crippen molar-refractivity contribution in [2.24, 2.45) is 5.92 Å². The van der Waals surface area contributed by atoms with E-state index < -0.39 is 0 Å². The molecule has 5 nitrogen and oxygen atoms in total. The summed E-state index contributed by atoms with van der Waals surface area (Å²) in [5.41, 5.74) is 2.37. The zero-order chi connectivity index (χ0) is 20.1. The SMILES string of the molecule is CC1CCN(C(=O)c2ccc(NC(=O)N(C)Cc3ccccc3Br)cc2)CC1. The van der Waals surface area contributed by atoms with Crippen LogP contribution >= 0.6 is 15.9 Å². The summed E-state index contributed by atoms with van der Waals surface area (Å²) in [6.07, 6.45) is 2.12. The Bertz CT molecular complexity index is 830. The Kier molecular flexibility index (Phi) is 6.73. The largest absolute Gasteiger partial charge is 0.339 e. The van der Waals surface area contributed by atoms with Gasteiger partial charge in [0.2, 0.25) is 0 Å². The van der Waals surface area contributed by atoms with Crippen LogP contribution in [0.4, 0.5) is 10.5 Å². The second-order valence-corrected chi connectivity index (χ2v) is 8.28. The topological polar surface area (TPSA) is 52.7 Å². The molecule has 3 rings (SSSR count). The van der Waals surface area contributed by atoms with E-state index in [9.17, 15) is 9.59 Å². The number of halogens is 1. The summed E-state index contributed by atoms with van der Waals surface area (Å²) in [6.45, 7) is 4.36. The number of carbonyl (C=O) groups excluding carboxylic acids is 2. The molecule has 0 atom stereocenters. The molecule has 6 heteroatoms. The number of nitrogens with one attached hydrogen (secondary N) is 1. The Labute approximate surface area is 174 Å². The number of carbonyl (C=O) groups is 2. The smallest absolute Gasteiger partial charge is 0.321 e. The minimum Gasteiger partial charge on any atom is -0.339 e. The van der Waals surface area contributed by atoms with E-state index in [1.54, 1.807) is 36.2 Å². The van der Waals surface area contributed by atoms with Crippen molar-refractivity contribution in [3.05, 3.63) is 64.1 Å². The van der Waals surface area contributed by atoms with Crippen LogP contribution < -0.4 is 5.32 Å². The second-order valence-electron chi connectivity index (χ2n) is 7.43. The summed E-state index contributed by atoms with van der Waals surface area (Å²) < 4.78 is 0.977. The number of piperidine rings is 1. The van der Waals surface area contributed by atoms with Gasteiger partial charge in [0.05, 0.1) is 0 Å². The highest BCUT2D eigenvalue weighted by molar-refractivity contribution is 9.10. The van der Waals surface area contributed by atoms with Gasteiger partial charge in [-0.3, -0.25) is 4.79 Å². The fourth-order valence-corrected chi connectivity index (χ4v) is 3.67. The molecule has 1 fully saturated rings. The Balaban J connectivity index is 1.57. The number of nitrogens with zero attached hydrogens (tertiary/aromatic N) is 2. The van der Waals surface area contributed by atoms with Crippen LogP contribution in [-0.2, 0) is 6.54 Å². The molecule has 28 heavy (non-hydrogen) atoms. The average molecular weight is 444 g/mol. The van der Waals surface area contributed by atoms with Gasteiger partial charge in [-0.2, -0.15) is 0 Å². The highest BCUT2D eigenvalue weighted by Crippen LogP contribution is 2.20. The number of urea groups is 1. The van der Waals surface area contributed by atoms with E-state index in [0.29, 0.717) is 23.7 Å². The predicted octanol–water partition coefficient (Wildman–Crippen LogP) is 4.99. The molecule has 2 aromatic rings. The first-order valence-corrected chi connectivity index (χ1v) is 10.4. The van der Waals surface area contributed by atoms with Gasteiger partial charge in [0.1, 0.15) is 0 Å². The van der Waals surface area contributed by atoms with Gasteiger partial charge in [-0.05, 0) is 54.7 Å². The number of anilines is 1. The first-order valence-electron chi connectivity index (χ1n) is 9.59. The predicted molar refractivity (Wildman–Crippen MR) is 115 cm³/mol. The Morgan fingerprint density at radius 2 is 1.75 bits per heavy atom. The van der Waals surface area contributed by atoms with Crippen molar-refractivity contribution in [2.45, 2.75) is 26.3 Å². The van der Waals surface area contributed by atoms with Crippen molar-refractivity contribution in [2.75, 3.05) is 25.5 Å². The number of hydrogen-bond donors (Lipinski definition) is 1. The molecular weight excluding hydrogens is 418 g/mol. The molecule has 1 saturated heterocycles. The van der Waals surface area contributed by atoms with Crippen LogP contribution in [-0.4, -0.2) is 41.9 Å². The molecule has 0 saturated carbocycles. The van der Waals surface area contributed by atoms with Crippen LogP contribution in [0.25, 0.3) is 0 Å². The summed E-state index contributed by atoms with van der Waals surface area (Å²) in [5.74, 6) is 0.756. The molecule has 3 amide bonds. The minimum atomic E-state index is -0.195. The zero-order valence-corrected chi connectivity index (χ0v) is 17.9. The summed E-state index contributed by atoms with van der Waals surface area (Å²) in [4.78, 5) is 28.6. The summed E-state index contributed by atoms with van der Waals surface area (Å²) >= 11 is 3.50. The monoisotopic (exact) mass is 443 g/mol. The second kappa shape index (κ2) is 9.24. The molecule has 1 aliphatic rings. The maximum Gasteiger partial charge on any atom is 0.321 e. The van der Waals surface area contributed by atoms with Gasteiger partial charge in [0.15, 0.2) is 0 Å². The standard InChI is InChI=1S/C22H26BrN3O2/c1-16-11-13-26(14-12-16)21(27)17-7-9-19(10-8-17)24-22(28)25(2)15-18-5-3-4-6-20(18)23/h3-10,16H,11-15H2,1-2H3,(H,24,28). The number of benzene rings is 2. The zero-order valence-electron chi connectivity index (χ0n) is 16.3. The third-order valence-electron chi connectivity index (χ3n) is 5.17. The molecule has 1 aliphatic heterocycles. The lowest BCUT2D eigenvalue weighted by Crippen LogP contribution is -2.37. The normalized spacial score (nSPS) is 14.6. The van der Waals surface area contributed by atoms with Crippen LogP contribution in [0.3, 0.4) is 0 Å². The number of amides is 3. The molecule has 0 unspecified atom stereocenters. The van der Waals surface area contributed by atoms with Gasteiger partial charge >= 0.3 is 6.03 Å². The van der Waals surface area contributed by atoms with Crippen LogP contribution in [0, 0.1) is 5.92 Å². The maximum absolute atomic E-state index is 12.6. The molecule has 0 radical (unpaired) electrons. The van der Waals surface area contributed by atoms with Gasteiger partial charge < -0.3 is 15.1 Å². The first-order chi connectivity index (χ1) is 13.4. The van der Waals surface area contributed by atoms with E-state index in [2.05, 4.69) is 28.2 Å². The van der Waals surface area contributed by atoms with E-state index in [0.717, 1.165) is 36.0 Å². The van der Waals surface area contributed by atoms with E-state index in [4.69, 9.17) is 0 Å². The highest BCUT2D eigenvalue weighted by atomic mass is 79.9. The molecular formula is C22H26BrN3O2. The van der Waals surface area contributed by atoms with Crippen molar-refractivity contribution in [3.8, 4) is 0 Å². The third kappa shape index (κ3) is 5.13. The molecule has 0 aliphatic carbocycles. The fourth-order valence-electron chi connectivity index (χ4n) is 3.26. The Morgan fingerprint density at radius 1 is 1.11 bits per heavy atom. The average Bonchev–Trinajstić information content (AvgIpc) is 2.70. The number of hydrogen-bond acceptors (Lipinski definition) is 2. The van der Waals surface area contributed by atoms with Crippen molar-refractivity contribution < 1.29 is 9.59 Å². The van der Waals surface area contributed by atoms with Crippen LogP contribution in [0.2, 0.25) is 0 Å². The lowest BCUT2D eigenvalue weighted by molar-refractivity contribution is 0.0697. The number of rotatable bonds is 4. The van der Waals surface area contributed by atoms with E-state index in [1.807, 2.05) is 29.2 Å². The van der Waals surface area contributed by atoms with Gasteiger partial charge in [-0.15, -0.1) is 0 Å².